The number of nitrogens with one attached hydrogen (secondary N) is 1. The zero-order valence-corrected chi connectivity index (χ0v) is 15.4. The molecule has 0 spiro atoms. The van der Waals surface area contributed by atoms with Gasteiger partial charge in [0.2, 0.25) is 0 Å². The van der Waals surface area contributed by atoms with Gasteiger partial charge in [0.1, 0.15) is 0 Å². The van der Waals surface area contributed by atoms with Crippen molar-refractivity contribution in [2.75, 3.05) is 24.2 Å². The molecule has 0 amide bonds. The first-order valence-electron chi connectivity index (χ1n) is 8.44. The lowest BCUT2D eigenvalue weighted by Gasteiger charge is -2.08. The summed E-state index contributed by atoms with van der Waals surface area (Å²) < 4.78 is 1.82. The van der Waals surface area contributed by atoms with Crippen molar-refractivity contribution in [3.63, 3.8) is 0 Å². The molecule has 0 unspecified atom stereocenters. The van der Waals surface area contributed by atoms with E-state index in [4.69, 9.17) is 5.73 Å². The molecule has 1 aromatic carbocycles. The first kappa shape index (κ1) is 17.6. The van der Waals surface area contributed by atoms with E-state index in [2.05, 4.69) is 63.7 Å². The molecule has 7 nitrogen and oxygen atoms in total. The van der Waals surface area contributed by atoms with Gasteiger partial charge in [-0.2, -0.15) is 0 Å². The Morgan fingerprint density at radius 1 is 1.20 bits per heavy atom. The van der Waals surface area contributed by atoms with E-state index in [0.29, 0.717) is 31.0 Å². The van der Waals surface area contributed by atoms with Gasteiger partial charge in [0.25, 0.3) is 0 Å². The van der Waals surface area contributed by atoms with Gasteiger partial charge in [-0.1, -0.05) is 53.7 Å². The lowest BCUT2D eigenvalue weighted by Crippen LogP contribution is -2.14. The largest absolute Gasteiger partial charge is 0.367 e. The lowest BCUT2D eigenvalue weighted by atomic mass is 10.1. The van der Waals surface area contributed by atoms with Gasteiger partial charge < -0.3 is 11.1 Å². The van der Waals surface area contributed by atoms with Gasteiger partial charge in [-0.25, -0.2) is 14.6 Å². The third-order valence-corrected chi connectivity index (χ3v) is 4.72. The van der Waals surface area contributed by atoms with Gasteiger partial charge in [0.15, 0.2) is 22.1 Å². The second kappa shape index (κ2) is 8.26. The summed E-state index contributed by atoms with van der Waals surface area (Å²) in [7, 11) is 0. The summed E-state index contributed by atoms with van der Waals surface area (Å²) in [5.41, 5.74) is 9.43. The molecule has 0 atom stereocenters. The Morgan fingerprint density at radius 3 is 2.72 bits per heavy atom. The topological polar surface area (TPSA) is 94.5 Å². The van der Waals surface area contributed by atoms with Crippen LogP contribution in [0.4, 0.5) is 5.82 Å². The van der Waals surface area contributed by atoms with Gasteiger partial charge in [-0.3, -0.25) is 0 Å². The fourth-order valence-electron chi connectivity index (χ4n) is 2.38. The average molecular weight is 357 g/mol. The second-order valence-electron chi connectivity index (χ2n) is 5.82. The number of anilines is 1. The van der Waals surface area contributed by atoms with Gasteiger partial charge in [-0.05, 0) is 18.9 Å². The highest BCUT2D eigenvalue weighted by atomic mass is 32.2. The van der Waals surface area contributed by atoms with E-state index < -0.39 is 0 Å². The maximum absolute atomic E-state index is 5.61. The summed E-state index contributed by atoms with van der Waals surface area (Å²) in [4.78, 5) is 9.25. The molecule has 3 N–H and O–H groups in total. The van der Waals surface area contributed by atoms with Gasteiger partial charge >= 0.3 is 0 Å². The number of aryl methyl sites for hydroxylation is 1. The molecular formula is C17H23N7S. The number of thioether (sulfide) groups is 1. The zero-order valence-electron chi connectivity index (χ0n) is 14.6. The number of fused-ring (bicyclic) bond motifs is 1. The van der Waals surface area contributed by atoms with Crippen molar-refractivity contribution in [2.45, 2.75) is 32.0 Å². The molecule has 2 aromatic heterocycles. The summed E-state index contributed by atoms with van der Waals surface area (Å²) in [6, 6.07) is 8.40. The van der Waals surface area contributed by atoms with Crippen molar-refractivity contribution in [3.05, 3.63) is 35.4 Å². The first-order chi connectivity index (χ1) is 12.2. The predicted octanol–water partition coefficient (Wildman–Crippen LogP) is 2.45. The number of hydrogen-bond donors (Lipinski definition) is 2. The SMILES string of the molecule is CCCSc1nc(NCCN)c2nnn(Cc3ccc(C)cc3)c2n1. The normalized spacial score (nSPS) is 11.2. The maximum atomic E-state index is 5.61. The Kier molecular flexibility index (Phi) is 5.83. The van der Waals surface area contributed by atoms with Crippen LogP contribution in [0, 0.1) is 6.92 Å². The summed E-state index contributed by atoms with van der Waals surface area (Å²) in [5.74, 6) is 1.67. The van der Waals surface area contributed by atoms with Gasteiger partial charge in [0, 0.05) is 18.8 Å². The van der Waals surface area contributed by atoms with Crippen LogP contribution < -0.4 is 11.1 Å². The van der Waals surface area contributed by atoms with Crippen LogP contribution in [-0.4, -0.2) is 43.8 Å². The van der Waals surface area contributed by atoms with E-state index in [9.17, 15) is 0 Å². The number of nitrogens with two attached hydrogens (primary N) is 1. The third-order valence-electron chi connectivity index (χ3n) is 3.67. The highest BCUT2D eigenvalue weighted by Crippen LogP contribution is 2.23. The molecule has 0 aliphatic carbocycles. The summed E-state index contributed by atoms with van der Waals surface area (Å²) >= 11 is 1.64. The monoisotopic (exact) mass is 357 g/mol. The fourth-order valence-corrected chi connectivity index (χ4v) is 3.07. The van der Waals surface area contributed by atoms with Crippen LogP contribution in [0.2, 0.25) is 0 Å². The van der Waals surface area contributed by atoms with Crippen molar-refractivity contribution < 1.29 is 0 Å². The van der Waals surface area contributed by atoms with Gasteiger partial charge in [0.05, 0.1) is 6.54 Å². The molecule has 0 radical (unpaired) electrons. The molecular weight excluding hydrogens is 334 g/mol. The number of aromatic nitrogens is 5. The van der Waals surface area contributed by atoms with Crippen molar-refractivity contribution in [3.8, 4) is 0 Å². The Morgan fingerprint density at radius 2 is 2.00 bits per heavy atom. The Labute approximate surface area is 151 Å². The molecule has 0 bridgehead atoms. The van der Waals surface area contributed by atoms with E-state index in [1.807, 2.05) is 4.68 Å². The van der Waals surface area contributed by atoms with Crippen LogP contribution >= 0.6 is 11.8 Å². The molecule has 0 saturated carbocycles. The van der Waals surface area contributed by atoms with Crippen LogP contribution in [0.15, 0.2) is 29.4 Å². The van der Waals surface area contributed by atoms with Crippen LogP contribution in [-0.2, 0) is 6.54 Å². The van der Waals surface area contributed by atoms with Crippen molar-refractivity contribution in [1.82, 2.24) is 25.0 Å². The quantitative estimate of drug-likeness (QED) is 0.472. The van der Waals surface area contributed by atoms with E-state index >= 15 is 0 Å². The number of rotatable bonds is 8. The smallest absolute Gasteiger partial charge is 0.191 e. The number of benzene rings is 1. The maximum Gasteiger partial charge on any atom is 0.191 e. The Balaban J connectivity index is 1.96. The Bertz CT molecular complexity index is 829. The van der Waals surface area contributed by atoms with E-state index in [1.165, 1.54) is 5.56 Å². The van der Waals surface area contributed by atoms with Crippen LogP contribution in [0.1, 0.15) is 24.5 Å². The standard InChI is InChI=1S/C17H23N7S/c1-3-10-25-17-20-15(19-9-8-18)14-16(21-17)24(23-22-14)11-13-6-4-12(2)5-7-13/h4-7H,3,8-11,18H2,1-2H3,(H,19,20,21). The van der Waals surface area contributed by atoms with Crippen LogP contribution in [0.3, 0.4) is 0 Å². The van der Waals surface area contributed by atoms with Crippen molar-refractivity contribution >= 4 is 28.7 Å². The van der Waals surface area contributed by atoms with Crippen LogP contribution in [0.5, 0.6) is 0 Å². The first-order valence-corrected chi connectivity index (χ1v) is 9.43. The molecule has 0 aliphatic heterocycles. The number of hydrogen-bond acceptors (Lipinski definition) is 7. The van der Waals surface area contributed by atoms with E-state index in [1.54, 1.807) is 11.8 Å². The third kappa shape index (κ3) is 4.26. The van der Waals surface area contributed by atoms with Crippen LogP contribution in [0.25, 0.3) is 11.2 Å². The molecule has 0 aliphatic rings. The highest BCUT2D eigenvalue weighted by Gasteiger charge is 2.15. The molecule has 2 heterocycles. The minimum absolute atomic E-state index is 0.528. The fraction of sp³-hybridized carbons (Fsp3) is 0.412. The zero-order chi connectivity index (χ0) is 17.6. The highest BCUT2D eigenvalue weighted by molar-refractivity contribution is 7.99. The molecule has 8 heteroatoms. The predicted molar refractivity (Wildman–Crippen MR) is 102 cm³/mol. The second-order valence-corrected chi connectivity index (χ2v) is 6.89. The number of nitrogens with zero attached hydrogens (tertiary/aromatic N) is 5. The molecule has 3 rings (SSSR count). The van der Waals surface area contributed by atoms with E-state index in [0.717, 1.165) is 28.5 Å². The summed E-state index contributed by atoms with van der Waals surface area (Å²) in [6.45, 7) is 6.01. The van der Waals surface area contributed by atoms with E-state index in [-0.39, 0.29) is 0 Å². The molecule has 132 valence electrons. The molecule has 0 fully saturated rings. The lowest BCUT2D eigenvalue weighted by molar-refractivity contribution is 0.661. The van der Waals surface area contributed by atoms with Crippen molar-refractivity contribution in [1.29, 1.82) is 0 Å². The molecule has 25 heavy (non-hydrogen) atoms. The Hall–Kier alpha value is -2.19. The summed E-state index contributed by atoms with van der Waals surface area (Å²) in [5, 5.41) is 12.5. The molecule has 3 aromatic rings. The summed E-state index contributed by atoms with van der Waals surface area (Å²) in [6.07, 6.45) is 1.07. The average Bonchev–Trinajstić information content (AvgIpc) is 3.03. The minimum atomic E-state index is 0.528. The van der Waals surface area contributed by atoms with Crippen molar-refractivity contribution in [2.24, 2.45) is 5.73 Å². The molecule has 0 saturated heterocycles. The van der Waals surface area contributed by atoms with Gasteiger partial charge in [-0.15, -0.1) is 5.10 Å². The minimum Gasteiger partial charge on any atom is -0.367 e.